The first kappa shape index (κ1) is 16.9. The molecule has 0 bridgehead atoms. The average Bonchev–Trinajstić information content (AvgIpc) is 3.32. The van der Waals surface area contributed by atoms with Crippen LogP contribution in [-0.2, 0) is 9.47 Å². The molecule has 1 aliphatic rings. The zero-order chi connectivity index (χ0) is 19.0. The Kier molecular flexibility index (Phi) is 4.13. The third-order valence-corrected chi connectivity index (χ3v) is 4.53. The Hall–Kier alpha value is -3.58. The Bertz CT molecular complexity index is 1060. The molecule has 1 aromatic carbocycles. The Morgan fingerprint density at radius 3 is 2.59 bits per heavy atom. The normalized spacial score (nSPS) is 14.3. The van der Waals surface area contributed by atoms with Crippen LogP contribution in [0.3, 0.4) is 0 Å². The van der Waals surface area contributed by atoms with E-state index in [1.165, 1.54) is 17.9 Å². The third-order valence-electron chi connectivity index (χ3n) is 4.53. The molecule has 0 spiro atoms. The zero-order valence-electron chi connectivity index (χ0n) is 14.5. The number of fused-ring (bicyclic) bond motifs is 1. The van der Waals surface area contributed by atoms with Gasteiger partial charge in [-0.25, -0.2) is 9.42 Å². The summed E-state index contributed by atoms with van der Waals surface area (Å²) in [5.74, 6) is -0.657. The molecule has 3 heterocycles. The van der Waals surface area contributed by atoms with Gasteiger partial charge in [0, 0.05) is 19.3 Å². The van der Waals surface area contributed by atoms with Gasteiger partial charge in [-0.1, -0.05) is 0 Å². The van der Waals surface area contributed by atoms with Crippen molar-refractivity contribution in [1.82, 2.24) is 14.9 Å². The fourth-order valence-corrected chi connectivity index (χ4v) is 3.20. The van der Waals surface area contributed by atoms with Crippen LogP contribution >= 0.6 is 0 Å². The van der Waals surface area contributed by atoms with E-state index >= 15 is 0 Å². The molecule has 0 amide bonds. The number of benzene rings is 1. The van der Waals surface area contributed by atoms with Crippen molar-refractivity contribution < 1.29 is 18.9 Å². The van der Waals surface area contributed by atoms with E-state index in [1.807, 2.05) is 12.1 Å². The van der Waals surface area contributed by atoms with Gasteiger partial charge in [0.2, 0.25) is 0 Å². The molecule has 27 heavy (non-hydrogen) atoms. The van der Waals surface area contributed by atoms with Gasteiger partial charge in [0.05, 0.1) is 42.9 Å². The van der Waals surface area contributed by atoms with Gasteiger partial charge in [0.25, 0.3) is 0 Å². The van der Waals surface area contributed by atoms with Gasteiger partial charge in [-0.05, 0) is 22.4 Å². The van der Waals surface area contributed by atoms with Gasteiger partial charge in [0.15, 0.2) is 16.7 Å². The molecule has 1 aliphatic heterocycles. The molecule has 0 atom stereocenters. The minimum Gasteiger partial charge on any atom is -0.464 e. The summed E-state index contributed by atoms with van der Waals surface area (Å²) in [6.07, 6.45) is 1.47. The minimum atomic E-state index is -0.657. The molecule has 138 valence electrons. The number of carbonyl (C=O) groups excluding carboxylic acids is 1. The first-order chi connectivity index (χ1) is 13.2. The quantitative estimate of drug-likeness (QED) is 0.674. The molecule has 2 aromatic heterocycles. The van der Waals surface area contributed by atoms with Crippen LogP contribution in [0, 0.1) is 11.3 Å². The molecule has 2 N–H and O–H groups in total. The van der Waals surface area contributed by atoms with E-state index in [4.69, 9.17) is 19.8 Å². The maximum absolute atomic E-state index is 12.2. The number of hydrogen-bond acceptors (Lipinski definition) is 9. The topological polar surface area (TPSA) is 132 Å². The van der Waals surface area contributed by atoms with Crippen LogP contribution in [-0.4, -0.2) is 54.3 Å². The first-order valence-electron chi connectivity index (χ1n) is 8.23. The van der Waals surface area contributed by atoms with Crippen LogP contribution < -0.4 is 10.6 Å². The Labute approximate surface area is 153 Å². The maximum atomic E-state index is 12.2. The molecular weight excluding hydrogens is 352 g/mol. The second-order valence-electron chi connectivity index (χ2n) is 5.94. The van der Waals surface area contributed by atoms with Crippen molar-refractivity contribution in [3.63, 3.8) is 0 Å². The molecule has 0 aliphatic carbocycles. The van der Waals surface area contributed by atoms with E-state index in [0.29, 0.717) is 29.9 Å². The lowest BCUT2D eigenvalue weighted by atomic mass is 10.2. The number of esters is 1. The number of nitrogens with two attached hydrogens (primary N) is 1. The fraction of sp³-hybridized carbons (Fsp3) is 0.294. The van der Waals surface area contributed by atoms with E-state index in [-0.39, 0.29) is 16.9 Å². The second kappa shape index (κ2) is 6.62. The van der Waals surface area contributed by atoms with Crippen molar-refractivity contribution >= 4 is 28.4 Å². The summed E-state index contributed by atoms with van der Waals surface area (Å²) in [5.41, 5.74) is 8.60. The number of rotatable bonds is 3. The van der Waals surface area contributed by atoms with Crippen LogP contribution in [0.2, 0.25) is 0 Å². The number of aromatic nitrogens is 3. The molecule has 10 nitrogen and oxygen atoms in total. The number of nitriles is 1. The van der Waals surface area contributed by atoms with E-state index in [9.17, 15) is 10.1 Å². The molecule has 1 saturated heterocycles. The highest BCUT2D eigenvalue weighted by Gasteiger charge is 2.25. The van der Waals surface area contributed by atoms with E-state index < -0.39 is 5.97 Å². The molecular formula is C17H16N6O4. The van der Waals surface area contributed by atoms with Crippen molar-refractivity contribution in [2.45, 2.75) is 0 Å². The van der Waals surface area contributed by atoms with Gasteiger partial charge in [-0.3, -0.25) is 0 Å². The van der Waals surface area contributed by atoms with Crippen molar-refractivity contribution in [1.29, 1.82) is 5.26 Å². The van der Waals surface area contributed by atoms with Gasteiger partial charge >= 0.3 is 5.97 Å². The van der Waals surface area contributed by atoms with Crippen LogP contribution in [0.15, 0.2) is 23.0 Å². The van der Waals surface area contributed by atoms with Crippen molar-refractivity contribution in [3.05, 3.63) is 29.6 Å². The number of ether oxygens (including phenoxy) is 2. The first-order valence-corrected chi connectivity index (χ1v) is 8.23. The van der Waals surface area contributed by atoms with Crippen LogP contribution in [0.1, 0.15) is 16.1 Å². The Morgan fingerprint density at radius 1 is 1.26 bits per heavy atom. The summed E-state index contributed by atoms with van der Waals surface area (Å²) < 4.78 is 16.7. The highest BCUT2D eigenvalue weighted by Crippen LogP contribution is 2.32. The SMILES string of the molecule is COC(=O)c1c(N)c(C#N)cn1-c1ccc(N2CCOCC2)c2nonc12. The maximum Gasteiger partial charge on any atom is 0.357 e. The van der Waals surface area contributed by atoms with Gasteiger partial charge in [-0.15, -0.1) is 0 Å². The summed E-state index contributed by atoms with van der Waals surface area (Å²) >= 11 is 0. The highest BCUT2D eigenvalue weighted by atomic mass is 16.6. The predicted octanol–water partition coefficient (Wildman–Crippen LogP) is 1.09. The molecule has 0 saturated carbocycles. The monoisotopic (exact) mass is 368 g/mol. The Morgan fingerprint density at radius 2 is 1.93 bits per heavy atom. The minimum absolute atomic E-state index is 0.0474. The number of anilines is 2. The van der Waals surface area contributed by atoms with Crippen LogP contribution in [0.25, 0.3) is 16.7 Å². The molecule has 1 fully saturated rings. The highest BCUT2D eigenvalue weighted by molar-refractivity contribution is 5.99. The number of hydrogen-bond donors (Lipinski definition) is 1. The summed E-state index contributed by atoms with van der Waals surface area (Å²) in [7, 11) is 1.25. The standard InChI is InChI=1S/C17H16N6O4/c1-25-17(24)16-13(19)10(8-18)9-23(16)12-3-2-11(14-15(12)21-27-20-14)22-4-6-26-7-5-22/h2-3,9H,4-7,19H2,1H3. The smallest absolute Gasteiger partial charge is 0.357 e. The summed E-state index contributed by atoms with van der Waals surface area (Å²) in [4.78, 5) is 14.4. The number of methoxy groups -OCH3 is 1. The molecule has 3 aromatic rings. The van der Waals surface area contributed by atoms with E-state index in [0.717, 1.165) is 18.8 Å². The number of carbonyl (C=O) groups is 1. The number of nitrogen functional groups attached to an aromatic ring is 1. The van der Waals surface area contributed by atoms with Gasteiger partial charge < -0.3 is 24.7 Å². The van der Waals surface area contributed by atoms with Crippen molar-refractivity contribution in [2.75, 3.05) is 44.0 Å². The largest absolute Gasteiger partial charge is 0.464 e. The summed E-state index contributed by atoms with van der Waals surface area (Å²) in [5, 5.41) is 17.3. The molecule has 0 unspecified atom stereocenters. The number of nitrogens with zero attached hydrogens (tertiary/aromatic N) is 5. The summed E-state index contributed by atoms with van der Waals surface area (Å²) in [6.45, 7) is 2.70. The second-order valence-corrected chi connectivity index (χ2v) is 5.94. The zero-order valence-corrected chi connectivity index (χ0v) is 14.5. The van der Waals surface area contributed by atoms with Crippen LogP contribution in [0.5, 0.6) is 0 Å². The lowest BCUT2D eigenvalue weighted by Gasteiger charge is -2.28. The average molecular weight is 368 g/mol. The van der Waals surface area contributed by atoms with Crippen molar-refractivity contribution in [3.8, 4) is 11.8 Å². The van der Waals surface area contributed by atoms with Gasteiger partial charge in [-0.2, -0.15) is 5.26 Å². The number of morpholine rings is 1. The van der Waals surface area contributed by atoms with E-state index in [1.54, 1.807) is 6.07 Å². The predicted molar refractivity (Wildman–Crippen MR) is 94.6 cm³/mol. The lowest BCUT2D eigenvalue weighted by molar-refractivity contribution is 0.0593. The lowest BCUT2D eigenvalue weighted by Crippen LogP contribution is -2.36. The molecule has 10 heteroatoms. The molecule has 0 radical (unpaired) electrons. The van der Waals surface area contributed by atoms with Gasteiger partial charge in [0.1, 0.15) is 6.07 Å². The fourth-order valence-electron chi connectivity index (χ4n) is 3.20. The summed E-state index contributed by atoms with van der Waals surface area (Å²) in [6, 6.07) is 5.63. The molecule has 4 rings (SSSR count). The van der Waals surface area contributed by atoms with E-state index in [2.05, 4.69) is 15.2 Å². The third kappa shape index (κ3) is 2.65. The Balaban J connectivity index is 1.90. The van der Waals surface area contributed by atoms with Crippen LogP contribution in [0.4, 0.5) is 11.4 Å². The van der Waals surface area contributed by atoms with Crippen molar-refractivity contribution in [2.24, 2.45) is 0 Å².